The summed E-state index contributed by atoms with van der Waals surface area (Å²) in [5.74, 6) is -0.386. The van der Waals surface area contributed by atoms with E-state index in [0.717, 1.165) is 16.2 Å². The van der Waals surface area contributed by atoms with Crippen molar-refractivity contribution in [2.24, 2.45) is 0 Å². The number of hydrogen-bond acceptors (Lipinski definition) is 6. The van der Waals surface area contributed by atoms with E-state index in [2.05, 4.69) is 28.3 Å². The first-order valence-corrected chi connectivity index (χ1v) is 10.8. The molecule has 1 aliphatic rings. The number of carbonyl (C=O) groups excluding carboxylic acids is 1. The van der Waals surface area contributed by atoms with Crippen LogP contribution in [0.2, 0.25) is 0 Å². The maximum Gasteiger partial charge on any atom is 0.274 e. The molecule has 2 atom stereocenters. The molecule has 2 unspecified atom stereocenters. The Bertz CT molecular complexity index is 1240. The van der Waals surface area contributed by atoms with Crippen LogP contribution in [0.4, 0.5) is 5.82 Å². The topological polar surface area (TPSA) is 103 Å². The summed E-state index contributed by atoms with van der Waals surface area (Å²) >= 11 is 1.64. The van der Waals surface area contributed by atoms with E-state index in [-0.39, 0.29) is 22.3 Å². The van der Waals surface area contributed by atoms with Gasteiger partial charge in [0, 0.05) is 33.9 Å². The zero-order chi connectivity index (χ0) is 22.1. The summed E-state index contributed by atoms with van der Waals surface area (Å²) in [6, 6.07) is 10.9. The van der Waals surface area contributed by atoms with Gasteiger partial charge < -0.3 is 11.1 Å². The summed E-state index contributed by atoms with van der Waals surface area (Å²) in [7, 11) is 0. The molecule has 0 aliphatic carbocycles. The molecule has 31 heavy (non-hydrogen) atoms. The monoisotopic (exact) mass is 433 g/mol. The molecule has 0 saturated carbocycles. The molecule has 3 heterocycles. The average molecular weight is 434 g/mol. The highest BCUT2D eigenvalue weighted by molar-refractivity contribution is 8.00. The Morgan fingerprint density at radius 2 is 1.94 bits per heavy atom. The van der Waals surface area contributed by atoms with Crippen LogP contribution in [0.3, 0.4) is 0 Å². The highest BCUT2D eigenvalue weighted by Gasteiger charge is 2.25. The summed E-state index contributed by atoms with van der Waals surface area (Å²) in [6.07, 6.45) is 4.95. The Labute approximate surface area is 184 Å². The Balaban J connectivity index is 1.83. The quantitative estimate of drug-likeness (QED) is 0.652. The number of nitrogens with one attached hydrogen (secondary N) is 1. The van der Waals surface area contributed by atoms with E-state index in [4.69, 9.17) is 5.73 Å². The Morgan fingerprint density at radius 1 is 1.23 bits per heavy atom. The van der Waals surface area contributed by atoms with Crippen molar-refractivity contribution in [2.45, 2.75) is 37.0 Å². The predicted octanol–water partition coefficient (Wildman–Crippen LogP) is 3.60. The molecule has 8 heteroatoms. The second-order valence-corrected chi connectivity index (χ2v) is 8.86. The van der Waals surface area contributed by atoms with Gasteiger partial charge >= 0.3 is 0 Å². The molecule has 4 rings (SSSR count). The van der Waals surface area contributed by atoms with E-state index < -0.39 is 11.9 Å². The smallest absolute Gasteiger partial charge is 0.274 e. The molecule has 3 N–H and O–H groups in total. The lowest BCUT2D eigenvalue weighted by Crippen LogP contribution is -2.34. The van der Waals surface area contributed by atoms with Crippen LogP contribution in [-0.4, -0.2) is 25.7 Å². The first-order valence-electron chi connectivity index (χ1n) is 9.95. The summed E-state index contributed by atoms with van der Waals surface area (Å²) in [6.45, 7) is 5.90. The molecule has 158 valence electrons. The van der Waals surface area contributed by atoms with E-state index in [1.54, 1.807) is 16.3 Å². The van der Waals surface area contributed by atoms with Crippen molar-refractivity contribution in [2.75, 3.05) is 5.73 Å². The van der Waals surface area contributed by atoms with Gasteiger partial charge in [-0.1, -0.05) is 24.3 Å². The summed E-state index contributed by atoms with van der Waals surface area (Å²) in [4.78, 5) is 35.3. The number of thioether (sulfide) groups is 1. The number of carbonyl (C=O) groups is 1. The number of nitrogens with two attached hydrogens (primary N) is 1. The van der Waals surface area contributed by atoms with Crippen LogP contribution in [0.15, 0.2) is 64.6 Å². The Hall–Kier alpha value is -3.39. The molecular weight excluding hydrogens is 410 g/mol. The Morgan fingerprint density at radius 3 is 2.65 bits per heavy atom. The van der Waals surface area contributed by atoms with E-state index >= 15 is 0 Å². The molecule has 0 spiro atoms. The lowest BCUT2D eigenvalue weighted by Gasteiger charge is -2.25. The number of anilines is 1. The number of hydrogen-bond donors (Lipinski definition) is 2. The van der Waals surface area contributed by atoms with Crippen molar-refractivity contribution in [1.29, 1.82) is 0 Å². The third-order valence-electron chi connectivity index (χ3n) is 5.14. The van der Waals surface area contributed by atoms with E-state index in [1.807, 2.05) is 50.2 Å². The molecule has 1 amide bonds. The van der Waals surface area contributed by atoms with Gasteiger partial charge in [-0.3, -0.25) is 14.2 Å². The number of nitrogen functional groups attached to an aromatic ring is 1. The van der Waals surface area contributed by atoms with Crippen LogP contribution in [0.1, 0.15) is 48.6 Å². The fraction of sp³-hybridized carbons (Fsp3) is 0.217. The summed E-state index contributed by atoms with van der Waals surface area (Å²) < 4.78 is 1.66. The second-order valence-electron chi connectivity index (χ2n) is 7.44. The predicted molar refractivity (Wildman–Crippen MR) is 123 cm³/mol. The Kier molecular flexibility index (Phi) is 5.65. The van der Waals surface area contributed by atoms with Crippen LogP contribution in [-0.2, 0) is 0 Å². The number of para-hydroxylation sites is 1. The van der Waals surface area contributed by atoms with Crippen molar-refractivity contribution >= 4 is 29.1 Å². The van der Waals surface area contributed by atoms with Gasteiger partial charge in [0.15, 0.2) is 11.5 Å². The van der Waals surface area contributed by atoms with Crippen molar-refractivity contribution in [1.82, 2.24) is 19.9 Å². The number of aromatic nitrogens is 3. The van der Waals surface area contributed by atoms with Crippen LogP contribution in [0, 0.1) is 0 Å². The number of amides is 1. The lowest BCUT2D eigenvalue weighted by molar-refractivity contribution is 0.0934. The molecule has 0 radical (unpaired) electrons. The molecule has 2 aromatic heterocycles. The summed E-state index contributed by atoms with van der Waals surface area (Å²) in [5.41, 5.74) is 8.84. The normalized spacial score (nSPS) is 16.2. The standard InChI is InChI=1S/C23H23N5O2S/c1-13-11-14(2)31-18-12-17(15(3)27-22(29)20-21(24)26-10-9-25-20)28(23(30)19(13)18)16-7-5-4-6-8-16/h4-12,14-15H,1-3H3,(H2,24,26)(H,27,29). The number of pyridine rings is 1. The van der Waals surface area contributed by atoms with Crippen molar-refractivity contribution in [3.63, 3.8) is 0 Å². The zero-order valence-corrected chi connectivity index (χ0v) is 18.3. The highest BCUT2D eigenvalue weighted by Crippen LogP contribution is 2.37. The molecule has 1 aromatic carbocycles. The number of nitrogens with zero attached hydrogens (tertiary/aromatic N) is 3. The minimum absolute atomic E-state index is 0.0580. The van der Waals surface area contributed by atoms with E-state index in [1.165, 1.54) is 12.4 Å². The van der Waals surface area contributed by atoms with Gasteiger partial charge in [0.1, 0.15) is 0 Å². The maximum absolute atomic E-state index is 13.6. The van der Waals surface area contributed by atoms with Gasteiger partial charge in [0.25, 0.3) is 11.5 Å². The lowest BCUT2D eigenvalue weighted by atomic mass is 10.0. The fourth-order valence-corrected chi connectivity index (χ4v) is 4.98. The largest absolute Gasteiger partial charge is 0.382 e. The van der Waals surface area contributed by atoms with Gasteiger partial charge in [-0.15, -0.1) is 11.8 Å². The van der Waals surface area contributed by atoms with Gasteiger partial charge in [-0.05, 0) is 44.5 Å². The zero-order valence-electron chi connectivity index (χ0n) is 17.5. The fourth-order valence-electron chi connectivity index (χ4n) is 3.76. The van der Waals surface area contributed by atoms with E-state index in [0.29, 0.717) is 11.3 Å². The molecule has 3 aromatic rings. The minimum atomic E-state index is -0.478. The van der Waals surface area contributed by atoms with Crippen molar-refractivity contribution < 1.29 is 4.79 Å². The van der Waals surface area contributed by atoms with Crippen LogP contribution in [0.25, 0.3) is 11.3 Å². The van der Waals surface area contributed by atoms with Crippen molar-refractivity contribution in [3.8, 4) is 5.69 Å². The third-order valence-corrected chi connectivity index (χ3v) is 6.22. The van der Waals surface area contributed by atoms with Gasteiger partial charge in [0.2, 0.25) is 0 Å². The van der Waals surface area contributed by atoms with Crippen LogP contribution in [0.5, 0.6) is 0 Å². The molecule has 0 fully saturated rings. The minimum Gasteiger partial charge on any atom is -0.382 e. The number of benzene rings is 1. The van der Waals surface area contributed by atoms with Crippen LogP contribution < -0.4 is 16.6 Å². The second kappa shape index (κ2) is 8.39. The van der Waals surface area contributed by atoms with Gasteiger partial charge in [-0.2, -0.15) is 0 Å². The van der Waals surface area contributed by atoms with Crippen molar-refractivity contribution in [3.05, 3.63) is 82.2 Å². The van der Waals surface area contributed by atoms with Gasteiger partial charge in [0.05, 0.1) is 11.6 Å². The molecule has 1 aliphatic heterocycles. The maximum atomic E-state index is 13.6. The van der Waals surface area contributed by atoms with E-state index in [9.17, 15) is 9.59 Å². The molecule has 0 bridgehead atoms. The molecule has 7 nitrogen and oxygen atoms in total. The van der Waals surface area contributed by atoms with Gasteiger partial charge in [-0.25, -0.2) is 9.97 Å². The number of rotatable bonds is 4. The first kappa shape index (κ1) is 20.9. The van der Waals surface area contributed by atoms with Crippen LogP contribution >= 0.6 is 11.8 Å². The first-order chi connectivity index (χ1) is 14.9. The highest BCUT2D eigenvalue weighted by atomic mass is 32.2. The third kappa shape index (κ3) is 3.98. The average Bonchev–Trinajstić information content (AvgIpc) is 2.73. The molecular formula is C23H23N5O2S. The number of fused-ring (bicyclic) bond motifs is 1. The summed E-state index contributed by atoms with van der Waals surface area (Å²) in [5, 5.41) is 3.18. The number of allylic oxidation sites excluding steroid dienone is 1. The SMILES string of the molecule is CC1=CC(C)Sc2cc(C(C)NC(=O)c3nccnc3N)n(-c3ccccc3)c(=O)c21. The molecule has 0 saturated heterocycles.